The summed E-state index contributed by atoms with van der Waals surface area (Å²) in [6.45, 7) is 2.18. The van der Waals surface area contributed by atoms with Crippen molar-refractivity contribution in [3.63, 3.8) is 0 Å². The Morgan fingerprint density at radius 3 is 2.84 bits per heavy atom. The molecule has 0 aliphatic carbocycles. The summed E-state index contributed by atoms with van der Waals surface area (Å²) in [5, 5.41) is 0. The molecule has 1 aromatic carbocycles. The van der Waals surface area contributed by atoms with Gasteiger partial charge in [-0.3, -0.25) is 0 Å². The maximum atomic E-state index is 13.7. The van der Waals surface area contributed by atoms with Gasteiger partial charge in [-0.25, -0.2) is 4.39 Å². The van der Waals surface area contributed by atoms with Crippen LogP contribution in [-0.2, 0) is 4.74 Å². The molecular weight excluding hydrogens is 267 g/mol. The molecule has 4 heteroatoms. The maximum absolute atomic E-state index is 13.7. The fourth-order valence-electron chi connectivity index (χ4n) is 1.94. The van der Waals surface area contributed by atoms with Crippen molar-refractivity contribution in [2.24, 2.45) is 5.92 Å². The predicted molar refractivity (Wildman–Crippen MR) is 73.0 cm³/mol. The first kappa shape index (κ1) is 14.2. The Morgan fingerprint density at radius 1 is 1.37 bits per heavy atom. The summed E-state index contributed by atoms with van der Waals surface area (Å²) in [7, 11) is 0. The first-order chi connectivity index (χ1) is 9.29. The molecule has 1 heterocycles. The highest BCUT2D eigenvalue weighted by molar-refractivity contribution is 6.19. The summed E-state index contributed by atoms with van der Waals surface area (Å²) < 4.78 is 24.6. The van der Waals surface area contributed by atoms with E-state index < -0.39 is 0 Å². The van der Waals surface area contributed by atoms with Crippen molar-refractivity contribution in [2.75, 3.05) is 25.7 Å². The normalized spacial score (nSPS) is 15.7. The maximum Gasteiger partial charge on any atom is 0.142 e. The van der Waals surface area contributed by atoms with Crippen LogP contribution >= 0.6 is 11.6 Å². The highest BCUT2D eigenvalue weighted by Gasteiger charge is 2.14. The lowest BCUT2D eigenvalue weighted by molar-refractivity contribution is 0.0497. The zero-order valence-electron chi connectivity index (χ0n) is 10.6. The largest absolute Gasteiger partial charge is 0.493 e. The molecule has 0 atom stereocenters. The zero-order valence-corrected chi connectivity index (χ0v) is 11.4. The number of hydrogen-bond acceptors (Lipinski definition) is 2. The Kier molecular flexibility index (Phi) is 5.50. The van der Waals surface area contributed by atoms with Crippen LogP contribution in [0.2, 0.25) is 0 Å². The Hall–Kier alpha value is -1.24. The van der Waals surface area contributed by atoms with Gasteiger partial charge in [-0.15, -0.1) is 11.6 Å². The average molecular weight is 283 g/mol. The molecule has 0 saturated carbocycles. The molecule has 2 rings (SSSR count). The molecule has 1 saturated heterocycles. The van der Waals surface area contributed by atoms with Gasteiger partial charge in [-0.2, -0.15) is 0 Å². The van der Waals surface area contributed by atoms with E-state index in [9.17, 15) is 4.39 Å². The van der Waals surface area contributed by atoms with Crippen molar-refractivity contribution in [2.45, 2.75) is 12.8 Å². The van der Waals surface area contributed by atoms with Crippen LogP contribution < -0.4 is 4.74 Å². The Labute approximate surface area is 117 Å². The molecule has 0 spiro atoms. The lowest BCUT2D eigenvalue weighted by Gasteiger charge is -2.22. The third-order valence-corrected chi connectivity index (χ3v) is 3.19. The van der Waals surface area contributed by atoms with Crippen LogP contribution in [0, 0.1) is 23.6 Å². The van der Waals surface area contributed by atoms with Gasteiger partial charge in [-0.1, -0.05) is 11.8 Å². The molecule has 0 N–H and O–H groups in total. The van der Waals surface area contributed by atoms with Crippen molar-refractivity contribution >= 4 is 11.6 Å². The van der Waals surface area contributed by atoms with Gasteiger partial charge in [0.25, 0.3) is 0 Å². The SMILES string of the molecule is Fc1cc(OCC2CCOCC2)ccc1C#CCCl. The van der Waals surface area contributed by atoms with Gasteiger partial charge in [0.15, 0.2) is 0 Å². The van der Waals surface area contributed by atoms with Crippen LogP contribution in [0.3, 0.4) is 0 Å². The van der Waals surface area contributed by atoms with Gasteiger partial charge < -0.3 is 9.47 Å². The number of benzene rings is 1. The Morgan fingerprint density at radius 2 is 2.16 bits per heavy atom. The zero-order chi connectivity index (χ0) is 13.5. The number of halogens is 2. The molecule has 19 heavy (non-hydrogen) atoms. The highest BCUT2D eigenvalue weighted by Crippen LogP contribution is 2.20. The summed E-state index contributed by atoms with van der Waals surface area (Å²) in [5.74, 6) is 6.15. The first-order valence-electron chi connectivity index (χ1n) is 6.34. The van der Waals surface area contributed by atoms with E-state index in [2.05, 4.69) is 11.8 Å². The van der Waals surface area contributed by atoms with E-state index in [0.717, 1.165) is 26.1 Å². The molecule has 1 aromatic rings. The highest BCUT2D eigenvalue weighted by atomic mass is 35.5. The Balaban J connectivity index is 1.92. The third kappa shape index (κ3) is 4.41. The molecular formula is C15H16ClFO2. The molecule has 1 fully saturated rings. The van der Waals surface area contributed by atoms with Crippen molar-refractivity contribution in [1.82, 2.24) is 0 Å². The number of ether oxygens (including phenoxy) is 2. The Bertz CT molecular complexity index is 473. The molecule has 0 bridgehead atoms. The molecule has 0 amide bonds. The minimum absolute atomic E-state index is 0.196. The standard InChI is InChI=1S/C15H16ClFO2/c16-7-1-2-13-3-4-14(10-15(13)17)19-11-12-5-8-18-9-6-12/h3-4,10,12H,5-9,11H2. The van der Waals surface area contributed by atoms with Crippen LogP contribution in [-0.4, -0.2) is 25.7 Å². The van der Waals surface area contributed by atoms with Crippen LogP contribution in [0.15, 0.2) is 18.2 Å². The monoisotopic (exact) mass is 282 g/mol. The van der Waals surface area contributed by atoms with E-state index in [1.54, 1.807) is 12.1 Å². The molecule has 102 valence electrons. The second-order valence-electron chi connectivity index (χ2n) is 4.44. The molecule has 0 unspecified atom stereocenters. The van der Waals surface area contributed by atoms with E-state index in [-0.39, 0.29) is 11.7 Å². The molecule has 1 aliphatic heterocycles. The lowest BCUT2D eigenvalue weighted by Crippen LogP contribution is -2.21. The minimum Gasteiger partial charge on any atom is -0.493 e. The van der Waals surface area contributed by atoms with E-state index in [0.29, 0.717) is 23.8 Å². The smallest absolute Gasteiger partial charge is 0.142 e. The van der Waals surface area contributed by atoms with Crippen molar-refractivity contribution in [3.05, 3.63) is 29.6 Å². The van der Waals surface area contributed by atoms with Gasteiger partial charge in [0.2, 0.25) is 0 Å². The van der Waals surface area contributed by atoms with Crippen LogP contribution in [0.25, 0.3) is 0 Å². The van der Waals surface area contributed by atoms with Crippen LogP contribution in [0.1, 0.15) is 18.4 Å². The van der Waals surface area contributed by atoms with E-state index in [1.165, 1.54) is 6.07 Å². The van der Waals surface area contributed by atoms with Crippen molar-refractivity contribution in [1.29, 1.82) is 0 Å². The van der Waals surface area contributed by atoms with Crippen molar-refractivity contribution in [3.8, 4) is 17.6 Å². The second-order valence-corrected chi connectivity index (χ2v) is 4.71. The van der Waals surface area contributed by atoms with Crippen LogP contribution in [0.4, 0.5) is 4.39 Å². The molecule has 0 radical (unpaired) electrons. The first-order valence-corrected chi connectivity index (χ1v) is 6.88. The van der Waals surface area contributed by atoms with Gasteiger partial charge >= 0.3 is 0 Å². The van der Waals surface area contributed by atoms with Gasteiger partial charge in [0.1, 0.15) is 11.6 Å². The fourth-order valence-corrected chi connectivity index (χ4v) is 2.01. The lowest BCUT2D eigenvalue weighted by atomic mass is 10.0. The van der Waals surface area contributed by atoms with Crippen LogP contribution in [0.5, 0.6) is 5.75 Å². The fraction of sp³-hybridized carbons (Fsp3) is 0.467. The van der Waals surface area contributed by atoms with Gasteiger partial charge in [0, 0.05) is 19.3 Å². The van der Waals surface area contributed by atoms with Gasteiger partial charge in [0.05, 0.1) is 18.1 Å². The summed E-state index contributed by atoms with van der Waals surface area (Å²) >= 11 is 5.44. The topological polar surface area (TPSA) is 18.5 Å². The van der Waals surface area contributed by atoms with Crippen molar-refractivity contribution < 1.29 is 13.9 Å². The second kappa shape index (κ2) is 7.37. The third-order valence-electron chi connectivity index (χ3n) is 3.06. The summed E-state index contributed by atoms with van der Waals surface area (Å²) in [6.07, 6.45) is 2.00. The number of alkyl halides is 1. The molecule has 2 nitrogen and oxygen atoms in total. The quantitative estimate of drug-likeness (QED) is 0.626. The van der Waals surface area contributed by atoms with Gasteiger partial charge in [-0.05, 0) is 30.9 Å². The molecule has 1 aliphatic rings. The average Bonchev–Trinajstić information content (AvgIpc) is 2.45. The predicted octanol–water partition coefficient (Wildman–Crippen LogP) is 3.22. The summed E-state index contributed by atoms with van der Waals surface area (Å²) in [4.78, 5) is 0. The van der Waals surface area contributed by atoms with E-state index in [4.69, 9.17) is 21.1 Å². The number of hydrogen-bond donors (Lipinski definition) is 0. The molecule has 0 aromatic heterocycles. The summed E-state index contributed by atoms with van der Waals surface area (Å²) in [5.41, 5.74) is 0.346. The van der Waals surface area contributed by atoms with E-state index >= 15 is 0 Å². The van der Waals surface area contributed by atoms with E-state index in [1.807, 2.05) is 0 Å². The summed E-state index contributed by atoms with van der Waals surface area (Å²) in [6, 6.07) is 4.73. The minimum atomic E-state index is -0.373. The number of rotatable bonds is 3.